The van der Waals surface area contributed by atoms with Gasteiger partial charge in [0.15, 0.2) is 0 Å². The molecule has 1 aromatic rings. The predicted molar refractivity (Wildman–Crippen MR) is 76.8 cm³/mol. The summed E-state index contributed by atoms with van der Waals surface area (Å²) in [6.07, 6.45) is 2.13. The Hall–Kier alpha value is -1.69. The van der Waals surface area contributed by atoms with Gasteiger partial charge in [-0.3, -0.25) is 0 Å². The van der Waals surface area contributed by atoms with Gasteiger partial charge in [-0.05, 0) is 33.7 Å². The maximum Gasteiger partial charge on any atom is 0.376 e. The summed E-state index contributed by atoms with van der Waals surface area (Å²) in [5.74, 6) is 0.295. The van der Waals surface area contributed by atoms with Crippen molar-refractivity contribution in [1.82, 2.24) is 14.9 Å². The van der Waals surface area contributed by atoms with Crippen LogP contribution in [0.5, 0.6) is 0 Å². The van der Waals surface area contributed by atoms with E-state index in [1.165, 1.54) is 7.11 Å². The summed E-state index contributed by atoms with van der Waals surface area (Å²) in [5, 5.41) is 3.41. The fraction of sp³-hybridized carbons (Fsp3) is 0.643. The lowest BCUT2D eigenvalue weighted by molar-refractivity contribution is 0.0586. The van der Waals surface area contributed by atoms with Crippen molar-refractivity contribution in [3.63, 3.8) is 0 Å². The first-order valence-electron chi connectivity index (χ1n) is 6.90. The van der Waals surface area contributed by atoms with Gasteiger partial charge in [-0.2, -0.15) is 0 Å². The SMILES string of the molecule is COC(=O)c1nc(C)cc(NC2CCN(C)C(C)C2)n1. The van der Waals surface area contributed by atoms with Crippen LogP contribution in [0.1, 0.15) is 36.1 Å². The highest BCUT2D eigenvalue weighted by Crippen LogP contribution is 2.19. The number of nitrogens with zero attached hydrogens (tertiary/aromatic N) is 3. The molecule has 2 atom stereocenters. The number of methoxy groups -OCH3 is 1. The molecule has 2 heterocycles. The molecule has 0 bridgehead atoms. The van der Waals surface area contributed by atoms with Gasteiger partial charge in [0.1, 0.15) is 5.82 Å². The number of nitrogens with one attached hydrogen (secondary N) is 1. The van der Waals surface area contributed by atoms with E-state index in [1.54, 1.807) is 0 Å². The lowest BCUT2D eigenvalue weighted by Crippen LogP contribution is -2.42. The molecule has 1 aromatic heterocycles. The molecule has 2 unspecified atom stereocenters. The van der Waals surface area contributed by atoms with Crippen molar-refractivity contribution in [2.24, 2.45) is 0 Å². The van der Waals surface area contributed by atoms with E-state index in [4.69, 9.17) is 0 Å². The number of aromatic nitrogens is 2. The summed E-state index contributed by atoms with van der Waals surface area (Å²) in [7, 11) is 3.48. The third kappa shape index (κ3) is 3.45. The number of esters is 1. The third-order valence-electron chi connectivity index (χ3n) is 3.78. The molecule has 20 heavy (non-hydrogen) atoms. The van der Waals surface area contributed by atoms with Crippen LogP contribution in [0.3, 0.4) is 0 Å². The number of carbonyl (C=O) groups excluding carboxylic acids is 1. The lowest BCUT2D eigenvalue weighted by Gasteiger charge is -2.35. The number of piperidine rings is 1. The zero-order valence-electron chi connectivity index (χ0n) is 12.5. The van der Waals surface area contributed by atoms with Crippen LogP contribution >= 0.6 is 0 Å². The Balaban J connectivity index is 2.09. The Morgan fingerprint density at radius 1 is 1.50 bits per heavy atom. The molecule has 110 valence electrons. The van der Waals surface area contributed by atoms with Crippen LogP contribution in [0.4, 0.5) is 5.82 Å². The lowest BCUT2D eigenvalue weighted by atomic mass is 9.99. The molecule has 0 aliphatic carbocycles. The minimum atomic E-state index is -0.506. The van der Waals surface area contributed by atoms with Gasteiger partial charge >= 0.3 is 5.97 Å². The zero-order valence-corrected chi connectivity index (χ0v) is 12.5. The number of anilines is 1. The molecule has 0 aromatic carbocycles. The molecule has 0 radical (unpaired) electrons. The van der Waals surface area contributed by atoms with Gasteiger partial charge in [-0.15, -0.1) is 0 Å². The van der Waals surface area contributed by atoms with Crippen molar-refractivity contribution in [2.45, 2.75) is 38.8 Å². The summed E-state index contributed by atoms with van der Waals surface area (Å²) >= 11 is 0. The molecule has 0 saturated carbocycles. The van der Waals surface area contributed by atoms with Crippen LogP contribution in [-0.4, -0.2) is 53.6 Å². The maximum absolute atomic E-state index is 11.5. The third-order valence-corrected chi connectivity index (χ3v) is 3.78. The summed E-state index contributed by atoms with van der Waals surface area (Å²) in [5.41, 5.74) is 0.754. The minimum Gasteiger partial charge on any atom is -0.463 e. The van der Waals surface area contributed by atoms with Crippen molar-refractivity contribution in [3.8, 4) is 0 Å². The second kappa shape index (κ2) is 6.17. The highest BCUT2D eigenvalue weighted by Gasteiger charge is 2.23. The topological polar surface area (TPSA) is 67.3 Å². The minimum absolute atomic E-state index is 0.107. The Morgan fingerprint density at radius 2 is 2.25 bits per heavy atom. The fourth-order valence-electron chi connectivity index (χ4n) is 2.45. The number of hydrogen-bond donors (Lipinski definition) is 1. The molecule has 0 spiro atoms. The van der Waals surface area contributed by atoms with Gasteiger partial charge in [0, 0.05) is 30.4 Å². The van der Waals surface area contributed by atoms with Crippen LogP contribution < -0.4 is 5.32 Å². The summed E-state index contributed by atoms with van der Waals surface area (Å²) < 4.78 is 4.67. The van der Waals surface area contributed by atoms with Gasteiger partial charge in [0.05, 0.1) is 7.11 Å². The van der Waals surface area contributed by atoms with Crippen LogP contribution in [0.25, 0.3) is 0 Å². The second-order valence-electron chi connectivity index (χ2n) is 5.41. The van der Waals surface area contributed by atoms with Crippen molar-refractivity contribution in [2.75, 3.05) is 26.0 Å². The Bertz CT molecular complexity index is 492. The van der Waals surface area contributed by atoms with Gasteiger partial charge in [-0.25, -0.2) is 14.8 Å². The normalized spacial score (nSPS) is 23.4. The molecule has 6 heteroatoms. The van der Waals surface area contributed by atoms with Gasteiger partial charge in [-0.1, -0.05) is 0 Å². The fourth-order valence-corrected chi connectivity index (χ4v) is 2.45. The standard InChI is InChI=1S/C14H22N4O2/c1-9-7-12(17-13(15-9)14(19)20-4)16-11-5-6-18(3)10(2)8-11/h7,10-11H,5-6,8H2,1-4H3,(H,15,16,17). The first-order valence-corrected chi connectivity index (χ1v) is 6.90. The van der Waals surface area contributed by atoms with Crippen molar-refractivity contribution < 1.29 is 9.53 Å². The highest BCUT2D eigenvalue weighted by atomic mass is 16.5. The highest BCUT2D eigenvalue weighted by molar-refractivity contribution is 5.85. The molecule has 0 amide bonds. The number of aryl methyl sites for hydroxylation is 1. The van der Waals surface area contributed by atoms with Crippen molar-refractivity contribution in [1.29, 1.82) is 0 Å². The average Bonchev–Trinajstić information content (AvgIpc) is 2.41. The van der Waals surface area contributed by atoms with E-state index in [2.05, 4.69) is 38.9 Å². The number of likely N-dealkylation sites (tertiary alicyclic amines) is 1. The van der Waals surface area contributed by atoms with E-state index >= 15 is 0 Å². The summed E-state index contributed by atoms with van der Waals surface area (Å²) in [4.78, 5) is 22.2. The largest absolute Gasteiger partial charge is 0.463 e. The molecule has 1 saturated heterocycles. The van der Waals surface area contributed by atoms with E-state index in [-0.39, 0.29) is 5.82 Å². The quantitative estimate of drug-likeness (QED) is 0.844. The van der Waals surface area contributed by atoms with Crippen LogP contribution in [0, 0.1) is 6.92 Å². The first-order chi connectivity index (χ1) is 9.49. The maximum atomic E-state index is 11.5. The molecule has 1 fully saturated rings. The molecule has 1 N–H and O–H groups in total. The number of rotatable bonds is 3. The van der Waals surface area contributed by atoms with E-state index in [0.29, 0.717) is 17.9 Å². The zero-order chi connectivity index (χ0) is 14.7. The molecule has 1 aliphatic heterocycles. The number of carbonyl (C=O) groups is 1. The van der Waals surface area contributed by atoms with Crippen LogP contribution in [0.2, 0.25) is 0 Å². The number of hydrogen-bond acceptors (Lipinski definition) is 6. The Labute approximate surface area is 119 Å². The van der Waals surface area contributed by atoms with E-state index in [9.17, 15) is 4.79 Å². The van der Waals surface area contributed by atoms with Gasteiger partial charge in [0.2, 0.25) is 5.82 Å². The molecule has 1 aliphatic rings. The summed E-state index contributed by atoms with van der Waals surface area (Å²) in [6.45, 7) is 5.13. The summed E-state index contributed by atoms with van der Waals surface area (Å²) in [6, 6.07) is 2.78. The van der Waals surface area contributed by atoms with Crippen molar-refractivity contribution >= 4 is 11.8 Å². The predicted octanol–water partition coefficient (Wildman–Crippen LogP) is 1.47. The van der Waals surface area contributed by atoms with Gasteiger partial charge < -0.3 is 15.0 Å². The number of ether oxygens (including phenoxy) is 1. The van der Waals surface area contributed by atoms with Crippen LogP contribution in [-0.2, 0) is 4.74 Å². The second-order valence-corrected chi connectivity index (χ2v) is 5.41. The molecular weight excluding hydrogens is 256 g/mol. The molecular formula is C14H22N4O2. The van der Waals surface area contributed by atoms with Crippen molar-refractivity contribution in [3.05, 3.63) is 17.6 Å². The van der Waals surface area contributed by atoms with Crippen LogP contribution in [0.15, 0.2) is 6.07 Å². The van der Waals surface area contributed by atoms with E-state index in [1.807, 2.05) is 13.0 Å². The smallest absolute Gasteiger partial charge is 0.376 e. The molecule has 2 rings (SSSR count). The Morgan fingerprint density at radius 3 is 2.90 bits per heavy atom. The Kier molecular flexibility index (Phi) is 4.54. The van der Waals surface area contributed by atoms with E-state index < -0.39 is 5.97 Å². The first kappa shape index (κ1) is 14.7. The van der Waals surface area contributed by atoms with Gasteiger partial charge in [0.25, 0.3) is 0 Å². The monoisotopic (exact) mass is 278 g/mol. The average molecular weight is 278 g/mol. The van der Waals surface area contributed by atoms with E-state index in [0.717, 1.165) is 25.1 Å². The molecule has 6 nitrogen and oxygen atoms in total.